The average Bonchev–Trinajstić information content (AvgIpc) is 3.72. The monoisotopic (exact) mass is 587 g/mol. The topological polar surface area (TPSA) is 95.2 Å². The summed E-state index contributed by atoms with van der Waals surface area (Å²) < 4.78 is 21.4. The standard InChI is InChI=1S/C35H29N3O6/c1-34-35(41,33(40)43-3)16-26(44-34)37-24-10-6-4-8-21(24)28-29-23(18-36(32(29)39)17-19-12-14-20(42-2)15-13-19)27-22-9-5-7-11-25(22)38(34)31(27)30(28)37/h4-15,26,41H,16-18H2,1-3H3/t26-,34+,35+/m0/s1. The third-order valence-corrected chi connectivity index (χ3v) is 10.1. The number of amides is 1. The van der Waals surface area contributed by atoms with Crippen LogP contribution in [0.25, 0.3) is 43.6 Å². The Morgan fingerprint density at radius 2 is 1.64 bits per heavy atom. The number of ether oxygens (including phenoxy) is 3. The van der Waals surface area contributed by atoms with Crippen LogP contribution in [0.3, 0.4) is 0 Å². The summed E-state index contributed by atoms with van der Waals surface area (Å²) in [5, 5.41) is 15.9. The van der Waals surface area contributed by atoms with Gasteiger partial charge in [-0.15, -0.1) is 0 Å². The van der Waals surface area contributed by atoms with Gasteiger partial charge < -0.3 is 33.4 Å². The van der Waals surface area contributed by atoms with Crippen molar-refractivity contribution in [3.8, 4) is 5.75 Å². The van der Waals surface area contributed by atoms with Gasteiger partial charge in [-0.3, -0.25) is 4.79 Å². The van der Waals surface area contributed by atoms with Gasteiger partial charge in [-0.25, -0.2) is 4.79 Å². The van der Waals surface area contributed by atoms with E-state index in [9.17, 15) is 14.7 Å². The fourth-order valence-electron chi connectivity index (χ4n) is 8.10. The molecule has 9 heteroatoms. The van der Waals surface area contributed by atoms with Crippen molar-refractivity contribution in [2.24, 2.45) is 0 Å². The maximum Gasteiger partial charge on any atom is 0.343 e. The van der Waals surface area contributed by atoms with E-state index in [0.717, 1.165) is 60.5 Å². The molecular weight excluding hydrogens is 558 g/mol. The van der Waals surface area contributed by atoms with Gasteiger partial charge in [0.05, 0.1) is 41.8 Å². The Hall–Kier alpha value is -4.86. The number of fused-ring (bicyclic) bond motifs is 13. The summed E-state index contributed by atoms with van der Waals surface area (Å²) in [6.07, 6.45) is -0.690. The Kier molecular flexibility index (Phi) is 4.89. The van der Waals surface area contributed by atoms with E-state index in [4.69, 9.17) is 14.2 Å². The molecule has 9 nitrogen and oxygen atoms in total. The van der Waals surface area contributed by atoms with E-state index in [2.05, 4.69) is 4.57 Å². The summed E-state index contributed by atoms with van der Waals surface area (Å²) in [7, 11) is 2.92. The van der Waals surface area contributed by atoms with Gasteiger partial charge >= 0.3 is 5.97 Å². The second-order valence-corrected chi connectivity index (χ2v) is 12.2. The average molecular weight is 588 g/mol. The van der Waals surface area contributed by atoms with Crippen molar-refractivity contribution in [1.82, 2.24) is 14.0 Å². The Bertz CT molecular complexity index is 2250. The van der Waals surface area contributed by atoms with Crippen LogP contribution in [-0.2, 0) is 33.1 Å². The fraction of sp³-hybridized carbons (Fsp3) is 0.257. The smallest absolute Gasteiger partial charge is 0.343 e. The molecule has 3 atom stereocenters. The lowest BCUT2D eigenvalue weighted by Crippen LogP contribution is -2.56. The van der Waals surface area contributed by atoms with Crippen LogP contribution < -0.4 is 4.74 Å². The molecule has 44 heavy (non-hydrogen) atoms. The highest BCUT2D eigenvalue weighted by atomic mass is 16.6. The first-order valence-electron chi connectivity index (χ1n) is 14.7. The molecule has 2 bridgehead atoms. The second kappa shape index (κ2) is 8.40. The molecule has 4 aromatic carbocycles. The number of nitrogens with zero attached hydrogens (tertiary/aromatic N) is 3. The minimum absolute atomic E-state index is 0.00792. The summed E-state index contributed by atoms with van der Waals surface area (Å²) in [4.78, 5) is 29.8. The summed E-state index contributed by atoms with van der Waals surface area (Å²) in [5.41, 5.74) is 2.58. The molecule has 0 radical (unpaired) electrons. The minimum Gasteiger partial charge on any atom is -0.497 e. The van der Waals surface area contributed by atoms with Crippen LogP contribution in [0.2, 0.25) is 0 Å². The number of methoxy groups -OCH3 is 2. The zero-order chi connectivity index (χ0) is 30.1. The first-order chi connectivity index (χ1) is 21.3. The molecule has 0 aliphatic carbocycles. The molecule has 220 valence electrons. The Balaban J connectivity index is 1.42. The number of esters is 1. The third kappa shape index (κ3) is 2.86. The summed E-state index contributed by atoms with van der Waals surface area (Å²) in [5.74, 6) is -0.00261. The number of hydrogen-bond donors (Lipinski definition) is 1. The number of aromatic nitrogens is 2. The lowest BCUT2D eigenvalue weighted by atomic mass is 9.88. The van der Waals surface area contributed by atoms with Gasteiger partial charge in [-0.05, 0) is 42.3 Å². The first-order valence-corrected chi connectivity index (χ1v) is 14.7. The number of aliphatic hydroxyl groups is 1. The van der Waals surface area contributed by atoms with E-state index in [1.54, 1.807) is 14.0 Å². The fourth-order valence-corrected chi connectivity index (χ4v) is 8.10. The highest BCUT2D eigenvalue weighted by molar-refractivity contribution is 6.31. The maximum atomic E-state index is 14.5. The van der Waals surface area contributed by atoms with E-state index < -0.39 is 23.5 Å². The molecule has 1 N–H and O–H groups in total. The van der Waals surface area contributed by atoms with Crippen molar-refractivity contribution in [2.75, 3.05) is 14.2 Å². The van der Waals surface area contributed by atoms with E-state index in [1.165, 1.54) is 7.11 Å². The molecule has 6 aromatic rings. The predicted octanol–water partition coefficient (Wildman–Crippen LogP) is 5.58. The van der Waals surface area contributed by atoms with Crippen LogP contribution in [0.15, 0.2) is 72.8 Å². The van der Waals surface area contributed by atoms with Crippen LogP contribution in [-0.4, -0.2) is 50.8 Å². The molecule has 0 spiro atoms. The lowest BCUT2D eigenvalue weighted by Gasteiger charge is -2.37. The van der Waals surface area contributed by atoms with E-state index >= 15 is 0 Å². The van der Waals surface area contributed by atoms with Gasteiger partial charge in [0.15, 0.2) is 5.72 Å². The van der Waals surface area contributed by atoms with Crippen molar-refractivity contribution in [2.45, 2.75) is 44.0 Å². The van der Waals surface area contributed by atoms with Crippen LogP contribution in [0.5, 0.6) is 5.75 Å². The van der Waals surface area contributed by atoms with Gasteiger partial charge in [0.2, 0.25) is 5.60 Å². The molecule has 1 fully saturated rings. The molecule has 3 aliphatic heterocycles. The molecule has 9 rings (SSSR count). The Morgan fingerprint density at radius 1 is 0.955 bits per heavy atom. The van der Waals surface area contributed by atoms with E-state index in [0.29, 0.717) is 18.7 Å². The van der Waals surface area contributed by atoms with Gasteiger partial charge in [-0.1, -0.05) is 48.5 Å². The highest BCUT2D eigenvalue weighted by Gasteiger charge is 2.65. The number of rotatable bonds is 4. The largest absolute Gasteiger partial charge is 0.497 e. The molecule has 0 saturated carbocycles. The SMILES string of the molecule is COC(=O)[C@]1(O)C[C@@H]2O[C@@]1(C)n1c3ccccc3c3c4c(c5c6ccccc6n2c5c31)C(=O)N(Cc1ccc(OC)cc1)C4. The number of carbonyl (C=O) groups is 2. The van der Waals surface area contributed by atoms with Crippen molar-refractivity contribution in [3.63, 3.8) is 0 Å². The Labute approximate surface area is 251 Å². The quantitative estimate of drug-likeness (QED) is 0.271. The molecule has 1 amide bonds. The van der Waals surface area contributed by atoms with Gasteiger partial charge in [-0.2, -0.15) is 0 Å². The van der Waals surface area contributed by atoms with Crippen molar-refractivity contribution in [1.29, 1.82) is 0 Å². The van der Waals surface area contributed by atoms with Crippen molar-refractivity contribution in [3.05, 3.63) is 89.5 Å². The van der Waals surface area contributed by atoms with Crippen molar-refractivity contribution < 1.29 is 28.9 Å². The van der Waals surface area contributed by atoms with E-state index in [-0.39, 0.29) is 12.3 Å². The van der Waals surface area contributed by atoms with Gasteiger partial charge in [0.1, 0.15) is 12.0 Å². The second-order valence-electron chi connectivity index (χ2n) is 12.2. The van der Waals surface area contributed by atoms with Crippen LogP contribution >= 0.6 is 0 Å². The zero-order valence-corrected chi connectivity index (χ0v) is 24.5. The predicted molar refractivity (Wildman–Crippen MR) is 164 cm³/mol. The van der Waals surface area contributed by atoms with Gasteiger partial charge in [0.25, 0.3) is 5.91 Å². The molecule has 3 aliphatic rings. The number of carbonyl (C=O) groups excluding carboxylic acids is 2. The molecule has 2 aromatic heterocycles. The summed E-state index contributed by atoms with van der Waals surface area (Å²) >= 11 is 0. The highest BCUT2D eigenvalue weighted by Crippen LogP contribution is 2.58. The van der Waals surface area contributed by atoms with Gasteiger partial charge in [0, 0.05) is 41.1 Å². The van der Waals surface area contributed by atoms with Crippen molar-refractivity contribution >= 4 is 55.5 Å². The summed E-state index contributed by atoms with van der Waals surface area (Å²) in [6.45, 7) is 2.64. The number of para-hydroxylation sites is 2. The molecule has 0 unspecified atom stereocenters. The molecule has 5 heterocycles. The maximum absolute atomic E-state index is 14.5. The number of hydrogen-bond acceptors (Lipinski definition) is 6. The minimum atomic E-state index is -1.97. The van der Waals surface area contributed by atoms with Crippen LogP contribution in [0.4, 0.5) is 0 Å². The van der Waals surface area contributed by atoms with E-state index in [1.807, 2.05) is 82.3 Å². The van der Waals surface area contributed by atoms with Crippen LogP contribution in [0.1, 0.15) is 41.1 Å². The normalized spacial score (nSPS) is 23.8. The van der Waals surface area contributed by atoms with Crippen LogP contribution in [0, 0.1) is 0 Å². The molecule has 1 saturated heterocycles. The zero-order valence-electron chi connectivity index (χ0n) is 24.5. The Morgan fingerprint density at radius 3 is 2.34 bits per heavy atom. The number of benzene rings is 4. The molecular formula is C35H29N3O6. The lowest BCUT2D eigenvalue weighted by molar-refractivity contribution is -0.202. The third-order valence-electron chi connectivity index (χ3n) is 10.1. The summed E-state index contributed by atoms with van der Waals surface area (Å²) in [6, 6.07) is 23.7. The first kappa shape index (κ1) is 25.6.